The number of anilines is 1. The van der Waals surface area contributed by atoms with Gasteiger partial charge in [-0.1, -0.05) is 53.0 Å². The van der Waals surface area contributed by atoms with Gasteiger partial charge in [-0.3, -0.25) is 9.59 Å². The lowest BCUT2D eigenvalue weighted by Crippen LogP contribution is -2.32. The largest absolute Gasteiger partial charge is 0.481 e. The zero-order valence-corrected chi connectivity index (χ0v) is 19.4. The molecule has 172 valence electrons. The number of fused-ring (bicyclic) bond motifs is 1. The molecule has 0 aliphatic rings. The van der Waals surface area contributed by atoms with Crippen LogP contribution >= 0.6 is 23.2 Å². The highest BCUT2D eigenvalue weighted by Crippen LogP contribution is 2.33. The fraction of sp³-hybridized carbons (Fsp3) is 0.0833. The van der Waals surface area contributed by atoms with E-state index in [4.69, 9.17) is 27.9 Å². The average molecular weight is 497 g/mol. The van der Waals surface area contributed by atoms with E-state index in [0.29, 0.717) is 26.8 Å². The van der Waals surface area contributed by atoms with Crippen LogP contribution in [0.4, 0.5) is 5.69 Å². The number of amides is 1. The number of benzene rings is 3. The van der Waals surface area contributed by atoms with Crippen molar-refractivity contribution in [3.05, 3.63) is 103 Å². The molecule has 0 spiro atoms. The first kappa shape index (κ1) is 23.3. The molecule has 10 heteroatoms. The lowest BCUT2D eigenvalue weighted by molar-refractivity contribution is -0.118. The molecule has 34 heavy (non-hydrogen) atoms. The highest BCUT2D eigenvalue weighted by Gasteiger charge is 2.12. The zero-order valence-electron chi connectivity index (χ0n) is 17.8. The monoisotopic (exact) mass is 496 g/mol. The van der Waals surface area contributed by atoms with Gasteiger partial charge in [0.15, 0.2) is 12.4 Å². The van der Waals surface area contributed by atoms with Crippen LogP contribution in [0.3, 0.4) is 0 Å². The van der Waals surface area contributed by atoms with Gasteiger partial charge >= 0.3 is 5.69 Å². The van der Waals surface area contributed by atoms with E-state index in [2.05, 4.69) is 15.4 Å². The van der Waals surface area contributed by atoms with E-state index in [1.807, 2.05) is 19.1 Å². The van der Waals surface area contributed by atoms with Crippen LogP contribution in [0.1, 0.15) is 11.1 Å². The van der Waals surface area contributed by atoms with Gasteiger partial charge in [-0.05, 0) is 48.9 Å². The molecule has 0 unspecified atom stereocenters. The number of halogens is 2. The predicted molar refractivity (Wildman–Crippen MR) is 134 cm³/mol. The molecule has 0 aliphatic heterocycles. The van der Waals surface area contributed by atoms with Crippen LogP contribution in [-0.2, 0) is 4.79 Å². The fourth-order valence-electron chi connectivity index (χ4n) is 3.15. The molecule has 8 nitrogen and oxygen atoms in total. The van der Waals surface area contributed by atoms with Gasteiger partial charge < -0.3 is 15.0 Å². The quantitative estimate of drug-likeness (QED) is 0.390. The average Bonchev–Trinajstić information content (AvgIpc) is 2.80. The van der Waals surface area contributed by atoms with E-state index < -0.39 is 11.2 Å². The van der Waals surface area contributed by atoms with Gasteiger partial charge in [0.2, 0.25) is 0 Å². The van der Waals surface area contributed by atoms with Gasteiger partial charge in [-0.2, -0.15) is 5.10 Å². The Bertz CT molecular complexity index is 1500. The molecule has 2 N–H and O–H groups in total. The number of aryl methyl sites for hydroxylation is 1. The van der Waals surface area contributed by atoms with Crippen molar-refractivity contribution in [2.75, 3.05) is 11.9 Å². The van der Waals surface area contributed by atoms with Crippen LogP contribution in [0.25, 0.3) is 10.9 Å². The van der Waals surface area contributed by atoms with Gasteiger partial charge in [-0.15, -0.1) is 4.68 Å². The summed E-state index contributed by atoms with van der Waals surface area (Å²) in [6, 6.07) is 16.9. The Morgan fingerprint density at radius 3 is 2.47 bits per heavy atom. The first-order chi connectivity index (χ1) is 16.3. The van der Waals surface area contributed by atoms with E-state index in [1.165, 1.54) is 18.3 Å². The second-order valence-corrected chi connectivity index (χ2v) is 8.17. The van der Waals surface area contributed by atoms with Gasteiger partial charge in [0.05, 0.1) is 27.2 Å². The predicted octanol–water partition coefficient (Wildman–Crippen LogP) is 4.20. The molecule has 0 atom stereocenters. The van der Waals surface area contributed by atoms with E-state index in [-0.39, 0.29) is 28.3 Å². The third kappa shape index (κ3) is 5.19. The topological polar surface area (TPSA) is 106 Å². The maximum absolute atomic E-state index is 12.6. The summed E-state index contributed by atoms with van der Waals surface area (Å²) in [7, 11) is 0. The van der Waals surface area contributed by atoms with E-state index in [0.717, 1.165) is 5.56 Å². The van der Waals surface area contributed by atoms with Crippen LogP contribution in [0.2, 0.25) is 10.0 Å². The molecule has 4 aromatic rings. The molecule has 0 bridgehead atoms. The van der Waals surface area contributed by atoms with Crippen molar-refractivity contribution in [3.8, 4) is 5.75 Å². The summed E-state index contributed by atoms with van der Waals surface area (Å²) in [5, 5.41) is 7.29. The summed E-state index contributed by atoms with van der Waals surface area (Å²) < 4.78 is 6.21. The van der Waals surface area contributed by atoms with Crippen molar-refractivity contribution < 1.29 is 9.53 Å². The van der Waals surface area contributed by atoms with Gasteiger partial charge in [0, 0.05) is 5.69 Å². The Balaban J connectivity index is 1.49. The minimum Gasteiger partial charge on any atom is -0.481 e. The third-order valence-corrected chi connectivity index (χ3v) is 5.37. The smallest absolute Gasteiger partial charge is 0.349 e. The Labute approximate surface area is 203 Å². The van der Waals surface area contributed by atoms with Gasteiger partial charge in [-0.25, -0.2) is 4.79 Å². The van der Waals surface area contributed by atoms with Gasteiger partial charge in [0.25, 0.3) is 11.5 Å². The summed E-state index contributed by atoms with van der Waals surface area (Å²) in [5.74, 6) is -0.253. The molecular formula is C24H18Cl2N4O4. The van der Waals surface area contributed by atoms with Crippen LogP contribution in [0.15, 0.2) is 75.4 Å². The Morgan fingerprint density at radius 1 is 1.09 bits per heavy atom. The SMILES string of the molecule is Cc1ccc(NC(=O)COc2c(Cl)cc(C=Nn3c(=O)[nH]c4ccccc4c3=O)cc2Cl)cc1. The number of aromatic nitrogens is 2. The van der Waals surface area contributed by atoms with Gasteiger partial charge in [0.1, 0.15) is 0 Å². The highest BCUT2D eigenvalue weighted by molar-refractivity contribution is 6.37. The third-order valence-electron chi connectivity index (χ3n) is 4.81. The van der Waals surface area contributed by atoms with Crippen LogP contribution in [-0.4, -0.2) is 28.4 Å². The number of rotatable bonds is 6. The number of nitrogens with one attached hydrogen (secondary N) is 2. The molecule has 1 amide bonds. The number of aromatic amines is 1. The van der Waals surface area contributed by atoms with Crippen molar-refractivity contribution in [1.29, 1.82) is 0 Å². The lowest BCUT2D eigenvalue weighted by Gasteiger charge is -2.11. The van der Waals surface area contributed by atoms with Crippen LogP contribution < -0.4 is 21.3 Å². The number of nitrogens with zero attached hydrogens (tertiary/aromatic N) is 2. The van der Waals surface area contributed by atoms with Crippen LogP contribution in [0, 0.1) is 6.92 Å². The number of hydrogen-bond acceptors (Lipinski definition) is 5. The molecule has 0 saturated heterocycles. The normalized spacial score (nSPS) is 11.1. The molecule has 0 radical (unpaired) electrons. The van der Waals surface area contributed by atoms with E-state index >= 15 is 0 Å². The Morgan fingerprint density at radius 2 is 1.76 bits per heavy atom. The number of ether oxygens (including phenoxy) is 1. The highest BCUT2D eigenvalue weighted by atomic mass is 35.5. The molecule has 0 aliphatic carbocycles. The van der Waals surface area contributed by atoms with Crippen molar-refractivity contribution in [1.82, 2.24) is 9.66 Å². The fourth-order valence-corrected chi connectivity index (χ4v) is 3.76. The summed E-state index contributed by atoms with van der Waals surface area (Å²) >= 11 is 12.6. The Kier molecular flexibility index (Phi) is 6.81. The number of carbonyl (C=O) groups is 1. The minimum atomic E-state index is -0.684. The van der Waals surface area contributed by atoms with E-state index in [9.17, 15) is 14.4 Å². The lowest BCUT2D eigenvalue weighted by atomic mass is 10.2. The first-order valence-corrected chi connectivity index (χ1v) is 10.8. The second-order valence-electron chi connectivity index (χ2n) is 7.35. The number of carbonyl (C=O) groups excluding carboxylic acids is 1. The number of para-hydroxylation sites is 1. The summed E-state index contributed by atoms with van der Waals surface area (Å²) in [6.45, 7) is 1.65. The Hall–Kier alpha value is -3.88. The molecule has 1 aromatic heterocycles. The zero-order chi connectivity index (χ0) is 24.2. The molecule has 0 saturated carbocycles. The molecule has 4 rings (SSSR count). The van der Waals surface area contributed by atoms with Crippen molar-refractivity contribution in [3.63, 3.8) is 0 Å². The van der Waals surface area contributed by atoms with Crippen LogP contribution in [0.5, 0.6) is 5.75 Å². The second kappa shape index (κ2) is 9.94. The summed E-state index contributed by atoms with van der Waals surface area (Å²) in [6.07, 6.45) is 1.27. The number of hydrogen-bond donors (Lipinski definition) is 2. The van der Waals surface area contributed by atoms with Crippen molar-refractivity contribution in [2.24, 2.45) is 5.10 Å². The first-order valence-electron chi connectivity index (χ1n) is 10.1. The maximum Gasteiger partial charge on any atom is 0.349 e. The minimum absolute atomic E-state index is 0.125. The maximum atomic E-state index is 12.6. The molecule has 1 heterocycles. The summed E-state index contributed by atoms with van der Waals surface area (Å²) in [4.78, 5) is 39.6. The standard InChI is InChI=1S/C24H18Cl2N4O4/c1-14-6-8-16(9-7-14)28-21(31)13-34-22-18(25)10-15(11-19(22)26)12-27-30-23(32)17-4-2-3-5-20(17)29-24(30)33/h2-12H,13H2,1H3,(H,28,31)(H,29,33). The molecular weight excluding hydrogens is 479 g/mol. The molecule has 3 aromatic carbocycles. The van der Waals surface area contributed by atoms with E-state index in [1.54, 1.807) is 36.4 Å². The summed E-state index contributed by atoms with van der Waals surface area (Å²) in [5.41, 5.74) is 1.31. The molecule has 0 fully saturated rings. The number of H-pyrrole nitrogens is 1. The van der Waals surface area contributed by atoms with Crippen molar-refractivity contribution >= 4 is 51.9 Å². The van der Waals surface area contributed by atoms with Crippen molar-refractivity contribution in [2.45, 2.75) is 6.92 Å².